The van der Waals surface area contributed by atoms with Crippen LogP contribution in [0.15, 0.2) is 170 Å². The third-order valence-electron chi connectivity index (χ3n) is 17.7. The van der Waals surface area contributed by atoms with E-state index in [2.05, 4.69) is 211 Å². The van der Waals surface area contributed by atoms with Gasteiger partial charge in [0.1, 0.15) is 0 Å². The molecule has 0 bridgehead atoms. The quantitative estimate of drug-likeness (QED) is 0.0347. The maximum absolute atomic E-state index is 2.69. The van der Waals surface area contributed by atoms with Crippen LogP contribution in [-0.2, 0) is 25.7 Å². The van der Waals surface area contributed by atoms with Gasteiger partial charge in [0, 0.05) is 0 Å². The Kier molecular flexibility index (Phi) is 25.5. The largest absolute Gasteiger partial charge is 0.0654 e. The first-order chi connectivity index (χ1) is 40.3. The number of hydrogen-bond acceptors (Lipinski definition) is 0. The van der Waals surface area contributed by atoms with Crippen molar-refractivity contribution in [3.63, 3.8) is 0 Å². The zero-order valence-corrected chi connectivity index (χ0v) is 52.0. The van der Waals surface area contributed by atoms with Crippen molar-refractivity contribution < 1.29 is 0 Å². The molecular formula is C82H102. The smallest absolute Gasteiger partial charge is 0.0148 e. The summed E-state index contributed by atoms with van der Waals surface area (Å²) in [6, 6.07) is 66.5. The van der Waals surface area contributed by atoms with Crippen LogP contribution in [0.3, 0.4) is 0 Å². The van der Waals surface area contributed by atoms with E-state index in [0.29, 0.717) is 0 Å². The predicted octanol–water partition coefficient (Wildman–Crippen LogP) is 25.6. The fourth-order valence-electron chi connectivity index (χ4n) is 12.7. The second-order valence-electron chi connectivity index (χ2n) is 24.4. The molecule has 430 valence electrons. The topological polar surface area (TPSA) is 0 Å². The molecule has 8 aromatic carbocycles. The van der Waals surface area contributed by atoms with Crippen LogP contribution in [0.2, 0.25) is 0 Å². The highest BCUT2D eigenvalue weighted by atomic mass is 14.2. The molecule has 0 nitrogen and oxygen atoms in total. The molecule has 8 rings (SSSR count). The third-order valence-corrected chi connectivity index (χ3v) is 17.7. The summed E-state index contributed by atoms with van der Waals surface area (Å²) in [4.78, 5) is 0. The van der Waals surface area contributed by atoms with Crippen LogP contribution in [0.5, 0.6) is 0 Å². The number of aryl methyl sites for hydroxylation is 6. The van der Waals surface area contributed by atoms with Crippen molar-refractivity contribution >= 4 is 0 Å². The Morgan fingerprint density at radius 2 is 0.476 bits per heavy atom. The highest BCUT2D eigenvalue weighted by molar-refractivity contribution is 5.88. The molecule has 0 amide bonds. The lowest BCUT2D eigenvalue weighted by molar-refractivity contribution is 0.605. The van der Waals surface area contributed by atoms with E-state index in [1.807, 2.05) is 0 Å². The molecule has 0 aliphatic heterocycles. The van der Waals surface area contributed by atoms with Gasteiger partial charge in [-0.05, 0) is 207 Å². The normalized spacial score (nSPS) is 11.4. The second kappa shape index (κ2) is 33.8. The molecule has 0 saturated carbocycles. The van der Waals surface area contributed by atoms with Crippen molar-refractivity contribution in [3.05, 3.63) is 203 Å². The van der Waals surface area contributed by atoms with E-state index in [4.69, 9.17) is 0 Å². The Labute approximate surface area is 499 Å². The van der Waals surface area contributed by atoms with E-state index in [1.165, 1.54) is 265 Å². The Bertz CT molecular complexity index is 3060. The van der Waals surface area contributed by atoms with E-state index in [9.17, 15) is 0 Å². The average molecular weight is 1090 g/mol. The van der Waals surface area contributed by atoms with Crippen molar-refractivity contribution in [2.45, 2.75) is 221 Å². The number of hydrogen-bond donors (Lipinski definition) is 0. The van der Waals surface area contributed by atoms with Gasteiger partial charge >= 0.3 is 0 Å². The molecule has 0 heterocycles. The Balaban J connectivity index is 1.34. The van der Waals surface area contributed by atoms with E-state index in [0.717, 1.165) is 25.7 Å². The molecule has 0 aromatic heterocycles. The lowest BCUT2D eigenvalue weighted by Crippen LogP contribution is -2.01. The summed E-state index contributed by atoms with van der Waals surface area (Å²) in [6.45, 7) is 13.9. The van der Waals surface area contributed by atoms with Crippen molar-refractivity contribution in [1.82, 2.24) is 0 Å². The van der Waals surface area contributed by atoms with Crippen LogP contribution >= 0.6 is 0 Å². The lowest BCUT2D eigenvalue weighted by atomic mass is 9.83. The molecule has 0 spiro atoms. The summed E-state index contributed by atoms with van der Waals surface area (Å²) in [5, 5.41) is 0. The van der Waals surface area contributed by atoms with Crippen LogP contribution in [0.4, 0.5) is 0 Å². The molecule has 8 aromatic rings. The first-order valence-electron chi connectivity index (χ1n) is 33.2. The van der Waals surface area contributed by atoms with Gasteiger partial charge in [0.2, 0.25) is 0 Å². The van der Waals surface area contributed by atoms with Gasteiger partial charge in [0.25, 0.3) is 0 Å². The van der Waals surface area contributed by atoms with Gasteiger partial charge in [0.05, 0.1) is 0 Å². The summed E-state index contributed by atoms with van der Waals surface area (Å²) in [5.41, 5.74) is 27.3. The fourth-order valence-corrected chi connectivity index (χ4v) is 12.7. The van der Waals surface area contributed by atoms with E-state index in [-0.39, 0.29) is 0 Å². The molecule has 0 heteroatoms. The van der Waals surface area contributed by atoms with Crippen molar-refractivity contribution in [2.24, 2.45) is 0 Å². The minimum atomic E-state index is 1.07. The summed E-state index contributed by atoms with van der Waals surface area (Å²) in [7, 11) is 0. The first kappa shape index (κ1) is 61.8. The zero-order chi connectivity index (χ0) is 57.1. The number of rotatable bonds is 35. The molecule has 0 unspecified atom stereocenters. The van der Waals surface area contributed by atoms with Crippen molar-refractivity contribution in [2.75, 3.05) is 0 Å². The molecular weight excluding hydrogens is 985 g/mol. The minimum Gasteiger partial charge on any atom is -0.0654 e. The molecule has 0 atom stereocenters. The van der Waals surface area contributed by atoms with Gasteiger partial charge in [-0.3, -0.25) is 0 Å². The lowest BCUT2D eigenvalue weighted by Gasteiger charge is -2.21. The third kappa shape index (κ3) is 18.4. The molecule has 0 aliphatic rings. The summed E-state index contributed by atoms with van der Waals surface area (Å²) in [5.74, 6) is 0. The van der Waals surface area contributed by atoms with Crippen molar-refractivity contribution in [3.8, 4) is 77.9 Å². The highest BCUT2D eigenvalue weighted by Gasteiger charge is 2.19. The summed E-state index contributed by atoms with van der Waals surface area (Å²) >= 11 is 0. The SMILES string of the molecule is CCCCCCCCc1cc(-c2cc(-c3cc(-c4ccccc4)cc(-c4ccccc4)c3)cc(-c3cc(CCCCCCCC)c(-c4ccc(-c5ccc(C)cc5)cc4)cc3CCCCCCCC)c2)c(CCCCCCCC)cc1C. The van der Waals surface area contributed by atoms with Crippen LogP contribution < -0.4 is 0 Å². The molecule has 0 saturated heterocycles. The molecule has 0 aliphatic carbocycles. The van der Waals surface area contributed by atoms with Gasteiger partial charge in [-0.2, -0.15) is 0 Å². The van der Waals surface area contributed by atoms with E-state index < -0.39 is 0 Å². The summed E-state index contributed by atoms with van der Waals surface area (Å²) < 4.78 is 0. The van der Waals surface area contributed by atoms with Crippen LogP contribution in [0.1, 0.15) is 215 Å². The van der Waals surface area contributed by atoms with Gasteiger partial charge in [-0.15, -0.1) is 0 Å². The standard InChI is InChI=1S/C82H102/c1-7-11-15-19-23-29-41-70-60-81(71(53-64(70)6)42-30-24-20-16-12-8-2)78-57-77(76-55-74(65-37-33-27-34-38-65)54-75(56-76)66-39-35-28-36-40-66)58-79(59-78)82-62-72(43-31-25-21-17-13-9-3)80(61-73(82)44-32-26-22-18-14-10-4)69-51-49-68(50-52-69)67-47-45-63(5)46-48-67/h27-28,33-40,45-62H,7-26,29-32,41-44H2,1-6H3. The average Bonchev–Trinajstić information content (AvgIpc) is 3.55. The Hall–Kier alpha value is -6.24. The van der Waals surface area contributed by atoms with Crippen LogP contribution in [0, 0.1) is 13.8 Å². The predicted molar refractivity (Wildman–Crippen MR) is 362 cm³/mol. The van der Waals surface area contributed by atoms with E-state index in [1.54, 1.807) is 0 Å². The Morgan fingerprint density at radius 1 is 0.207 bits per heavy atom. The molecule has 0 radical (unpaired) electrons. The monoisotopic (exact) mass is 1090 g/mol. The Morgan fingerprint density at radius 3 is 0.878 bits per heavy atom. The van der Waals surface area contributed by atoms with Gasteiger partial charge in [0.15, 0.2) is 0 Å². The minimum absolute atomic E-state index is 1.07. The van der Waals surface area contributed by atoms with Gasteiger partial charge in [-0.1, -0.05) is 295 Å². The van der Waals surface area contributed by atoms with Crippen LogP contribution in [0.25, 0.3) is 77.9 Å². The van der Waals surface area contributed by atoms with E-state index >= 15 is 0 Å². The van der Waals surface area contributed by atoms with Gasteiger partial charge < -0.3 is 0 Å². The number of benzene rings is 8. The summed E-state index contributed by atoms with van der Waals surface area (Å²) in [6.07, 6.45) is 35.6. The number of unbranched alkanes of at least 4 members (excludes halogenated alkanes) is 20. The molecule has 0 N–H and O–H groups in total. The maximum atomic E-state index is 2.69. The maximum Gasteiger partial charge on any atom is -0.0148 e. The van der Waals surface area contributed by atoms with Gasteiger partial charge in [-0.25, -0.2) is 0 Å². The zero-order valence-electron chi connectivity index (χ0n) is 52.0. The first-order valence-corrected chi connectivity index (χ1v) is 33.2. The van der Waals surface area contributed by atoms with Crippen molar-refractivity contribution in [1.29, 1.82) is 0 Å². The van der Waals surface area contributed by atoms with Crippen LogP contribution in [-0.4, -0.2) is 0 Å². The fraction of sp³-hybridized carbons (Fsp3) is 0.415. The highest BCUT2D eigenvalue weighted by Crippen LogP contribution is 2.42. The molecule has 0 fully saturated rings. The second-order valence-corrected chi connectivity index (χ2v) is 24.4. The molecule has 82 heavy (non-hydrogen) atoms.